The van der Waals surface area contributed by atoms with E-state index < -0.39 is 5.41 Å². The number of H-pyrrole nitrogens is 1. The lowest BCUT2D eigenvalue weighted by molar-refractivity contribution is -0.129. The fraction of sp³-hybridized carbons (Fsp3) is 0.600. The zero-order valence-corrected chi connectivity index (χ0v) is 10.5. The minimum atomic E-state index is -0.570. The van der Waals surface area contributed by atoms with Crippen LogP contribution in [0.15, 0.2) is 6.20 Å². The van der Waals surface area contributed by atoms with E-state index in [9.17, 15) is 4.79 Å². The number of hydrogen-bond acceptors (Lipinski definition) is 3. The molecule has 5 nitrogen and oxygen atoms in total. The van der Waals surface area contributed by atoms with E-state index >= 15 is 0 Å². The van der Waals surface area contributed by atoms with Crippen molar-refractivity contribution in [2.75, 3.05) is 7.05 Å². The van der Waals surface area contributed by atoms with Gasteiger partial charge >= 0.3 is 0 Å². The largest absolute Gasteiger partial charge is 0.390 e. The summed E-state index contributed by atoms with van der Waals surface area (Å²) in [6.07, 6.45) is 1.66. The van der Waals surface area contributed by atoms with Gasteiger partial charge in [-0.3, -0.25) is 4.79 Å². The Morgan fingerprint density at radius 2 is 2.31 bits per heavy atom. The summed E-state index contributed by atoms with van der Waals surface area (Å²) in [6, 6.07) is 0. The molecule has 0 fully saturated rings. The van der Waals surface area contributed by atoms with Crippen molar-refractivity contribution < 1.29 is 9.90 Å². The Morgan fingerprint density at radius 1 is 1.69 bits per heavy atom. The number of carbonyl (C=O) groups is 1. The summed E-state index contributed by atoms with van der Waals surface area (Å²) >= 11 is 5.09. The minimum Gasteiger partial charge on any atom is -0.390 e. The standard InChI is InChI=1S/C10H17N3O2S/c1-10(2,8(15)11-3)6-13-7(5-14)4-12-9(13)16/h4,14H,5-6H2,1-3H3,(H,11,15)(H,12,16). The van der Waals surface area contributed by atoms with Gasteiger partial charge in [0.15, 0.2) is 4.77 Å². The first-order chi connectivity index (χ1) is 7.42. The van der Waals surface area contributed by atoms with Crippen LogP contribution in [-0.4, -0.2) is 27.6 Å². The quantitative estimate of drug-likeness (QED) is 0.685. The zero-order valence-electron chi connectivity index (χ0n) is 9.70. The monoisotopic (exact) mass is 243 g/mol. The smallest absolute Gasteiger partial charge is 0.227 e. The summed E-state index contributed by atoms with van der Waals surface area (Å²) in [5.74, 6) is -0.0560. The van der Waals surface area contributed by atoms with Crippen molar-refractivity contribution in [2.24, 2.45) is 5.41 Å². The average molecular weight is 243 g/mol. The molecule has 0 aromatic carbocycles. The van der Waals surface area contributed by atoms with Gasteiger partial charge in [0.2, 0.25) is 5.91 Å². The average Bonchev–Trinajstić information content (AvgIpc) is 2.58. The number of nitrogens with one attached hydrogen (secondary N) is 2. The molecule has 3 N–H and O–H groups in total. The van der Waals surface area contributed by atoms with Gasteiger partial charge in [-0.05, 0) is 26.1 Å². The lowest BCUT2D eigenvalue weighted by Crippen LogP contribution is -2.38. The molecule has 0 aliphatic heterocycles. The van der Waals surface area contributed by atoms with Crippen molar-refractivity contribution in [1.29, 1.82) is 0 Å². The van der Waals surface area contributed by atoms with Crippen LogP contribution in [0.25, 0.3) is 0 Å². The Bertz CT molecular complexity index is 434. The Hall–Kier alpha value is -1.14. The second-order valence-corrected chi connectivity index (χ2v) is 4.68. The third-order valence-corrected chi connectivity index (χ3v) is 2.85. The highest BCUT2D eigenvalue weighted by molar-refractivity contribution is 7.71. The predicted octanol–water partition coefficient (Wildman–Crippen LogP) is 0.810. The van der Waals surface area contributed by atoms with E-state index in [0.717, 1.165) is 0 Å². The van der Waals surface area contributed by atoms with E-state index in [2.05, 4.69) is 10.3 Å². The van der Waals surface area contributed by atoms with Crippen LogP contribution in [0.2, 0.25) is 0 Å². The van der Waals surface area contributed by atoms with Gasteiger partial charge in [-0.25, -0.2) is 0 Å². The molecule has 1 aromatic rings. The fourth-order valence-electron chi connectivity index (χ4n) is 1.54. The number of imidazole rings is 1. The number of nitrogens with zero attached hydrogens (tertiary/aromatic N) is 1. The molecule has 0 radical (unpaired) electrons. The molecule has 1 rings (SSSR count). The summed E-state index contributed by atoms with van der Waals surface area (Å²) in [5, 5.41) is 11.8. The van der Waals surface area contributed by atoms with Crippen molar-refractivity contribution in [3.63, 3.8) is 0 Å². The molecular formula is C10H17N3O2S. The first-order valence-corrected chi connectivity index (χ1v) is 5.43. The van der Waals surface area contributed by atoms with Crippen LogP contribution >= 0.6 is 12.2 Å². The van der Waals surface area contributed by atoms with Crippen LogP contribution in [0.1, 0.15) is 19.5 Å². The van der Waals surface area contributed by atoms with Gasteiger partial charge in [0, 0.05) is 19.8 Å². The zero-order chi connectivity index (χ0) is 12.3. The van der Waals surface area contributed by atoms with Gasteiger partial charge < -0.3 is 20.0 Å². The van der Waals surface area contributed by atoms with Gasteiger partial charge in [-0.1, -0.05) is 0 Å². The van der Waals surface area contributed by atoms with Gasteiger partial charge in [0.05, 0.1) is 17.7 Å². The molecular weight excluding hydrogens is 226 g/mol. The number of carbonyl (C=O) groups excluding carboxylic acids is 1. The molecule has 6 heteroatoms. The molecule has 0 unspecified atom stereocenters. The lowest BCUT2D eigenvalue weighted by atomic mass is 9.92. The van der Waals surface area contributed by atoms with Crippen molar-refractivity contribution >= 4 is 18.1 Å². The first-order valence-electron chi connectivity index (χ1n) is 5.02. The van der Waals surface area contributed by atoms with Gasteiger partial charge in [0.25, 0.3) is 0 Å². The van der Waals surface area contributed by atoms with E-state index in [-0.39, 0.29) is 12.5 Å². The lowest BCUT2D eigenvalue weighted by Gasteiger charge is -2.23. The molecule has 1 heterocycles. The number of aliphatic hydroxyl groups excluding tert-OH is 1. The topological polar surface area (TPSA) is 70.1 Å². The van der Waals surface area contributed by atoms with Gasteiger partial charge in [-0.15, -0.1) is 0 Å². The molecule has 0 saturated heterocycles. The number of rotatable bonds is 4. The van der Waals surface area contributed by atoms with Crippen molar-refractivity contribution in [3.05, 3.63) is 16.7 Å². The van der Waals surface area contributed by atoms with Gasteiger partial charge in [0.1, 0.15) is 0 Å². The van der Waals surface area contributed by atoms with Crippen LogP contribution in [0.3, 0.4) is 0 Å². The molecule has 0 saturated carbocycles. The Labute approximate surface area is 99.5 Å². The van der Waals surface area contributed by atoms with E-state index in [4.69, 9.17) is 17.3 Å². The van der Waals surface area contributed by atoms with Crippen LogP contribution in [0.5, 0.6) is 0 Å². The Kier molecular flexibility index (Phi) is 3.88. The Morgan fingerprint density at radius 3 is 2.81 bits per heavy atom. The maximum absolute atomic E-state index is 11.6. The first kappa shape index (κ1) is 12.9. The molecule has 0 atom stereocenters. The molecule has 0 bridgehead atoms. The maximum atomic E-state index is 11.6. The van der Waals surface area contributed by atoms with Crippen LogP contribution in [-0.2, 0) is 17.9 Å². The van der Waals surface area contributed by atoms with Gasteiger partial charge in [-0.2, -0.15) is 0 Å². The molecule has 16 heavy (non-hydrogen) atoms. The van der Waals surface area contributed by atoms with E-state index in [1.54, 1.807) is 17.8 Å². The number of aromatic amines is 1. The van der Waals surface area contributed by atoms with E-state index in [1.807, 2.05) is 13.8 Å². The highest BCUT2D eigenvalue weighted by atomic mass is 32.1. The molecule has 1 aromatic heterocycles. The second kappa shape index (κ2) is 4.80. The summed E-state index contributed by atoms with van der Waals surface area (Å²) in [4.78, 5) is 14.5. The van der Waals surface area contributed by atoms with E-state index in [0.29, 0.717) is 17.0 Å². The molecule has 0 spiro atoms. The third kappa shape index (κ3) is 2.51. The molecule has 90 valence electrons. The normalized spacial score (nSPS) is 11.5. The maximum Gasteiger partial charge on any atom is 0.227 e. The number of hydrogen-bond donors (Lipinski definition) is 3. The fourth-order valence-corrected chi connectivity index (χ4v) is 1.78. The van der Waals surface area contributed by atoms with Crippen molar-refractivity contribution in [1.82, 2.24) is 14.9 Å². The van der Waals surface area contributed by atoms with Crippen LogP contribution < -0.4 is 5.32 Å². The highest BCUT2D eigenvalue weighted by Crippen LogP contribution is 2.19. The molecule has 0 aliphatic carbocycles. The number of aliphatic hydroxyl groups is 1. The molecule has 1 amide bonds. The van der Waals surface area contributed by atoms with Crippen LogP contribution in [0, 0.1) is 10.2 Å². The second-order valence-electron chi connectivity index (χ2n) is 4.29. The van der Waals surface area contributed by atoms with Crippen LogP contribution in [0.4, 0.5) is 0 Å². The minimum absolute atomic E-state index is 0.0560. The van der Waals surface area contributed by atoms with Crippen molar-refractivity contribution in [3.8, 4) is 0 Å². The van der Waals surface area contributed by atoms with E-state index in [1.165, 1.54) is 0 Å². The summed E-state index contributed by atoms with van der Waals surface area (Å²) in [6.45, 7) is 4.01. The predicted molar refractivity (Wildman–Crippen MR) is 63.4 cm³/mol. The summed E-state index contributed by atoms with van der Waals surface area (Å²) in [5.41, 5.74) is 0.112. The van der Waals surface area contributed by atoms with Crippen molar-refractivity contribution in [2.45, 2.75) is 27.0 Å². The Balaban J connectivity index is 3.00. The highest BCUT2D eigenvalue weighted by Gasteiger charge is 2.28. The third-order valence-electron chi connectivity index (χ3n) is 2.51. The summed E-state index contributed by atoms with van der Waals surface area (Å²) in [7, 11) is 1.60. The summed E-state index contributed by atoms with van der Waals surface area (Å²) < 4.78 is 2.26. The number of aromatic nitrogens is 2. The molecule has 0 aliphatic rings. The number of amides is 1. The SMILES string of the molecule is CNC(=O)C(C)(C)Cn1c(CO)c[nH]c1=S.